The van der Waals surface area contributed by atoms with Crippen molar-refractivity contribution in [2.45, 2.75) is 19.9 Å². The van der Waals surface area contributed by atoms with Gasteiger partial charge < -0.3 is 9.52 Å². The Morgan fingerprint density at radius 3 is 3.07 bits per heavy atom. The van der Waals surface area contributed by atoms with Crippen LogP contribution in [0.4, 0.5) is 0 Å². The molecule has 1 fully saturated rings. The van der Waals surface area contributed by atoms with Crippen LogP contribution in [0.15, 0.2) is 23.0 Å². The number of hydrogen-bond acceptors (Lipinski definition) is 3. The van der Waals surface area contributed by atoms with E-state index < -0.39 is 0 Å². The Labute approximate surface area is 84.3 Å². The molecule has 3 nitrogen and oxygen atoms in total. The van der Waals surface area contributed by atoms with Crippen LogP contribution in [0.2, 0.25) is 0 Å². The number of furan rings is 1. The van der Waals surface area contributed by atoms with Crippen LogP contribution >= 0.6 is 0 Å². The van der Waals surface area contributed by atoms with Crippen molar-refractivity contribution in [2.75, 3.05) is 19.7 Å². The molecule has 2 heterocycles. The van der Waals surface area contributed by atoms with Gasteiger partial charge in [0, 0.05) is 30.7 Å². The number of aliphatic hydroxyl groups is 1. The Bertz CT molecular complexity index is 283. The second-order valence-corrected chi connectivity index (χ2v) is 4.56. The molecule has 0 aliphatic carbocycles. The number of rotatable bonds is 3. The second kappa shape index (κ2) is 3.75. The van der Waals surface area contributed by atoms with Crippen molar-refractivity contribution < 1.29 is 9.52 Å². The quantitative estimate of drug-likeness (QED) is 0.793. The monoisotopic (exact) mass is 195 g/mol. The molecule has 0 bridgehead atoms. The summed E-state index contributed by atoms with van der Waals surface area (Å²) < 4.78 is 5.03. The lowest BCUT2D eigenvalue weighted by Crippen LogP contribution is -2.27. The van der Waals surface area contributed by atoms with E-state index in [1.165, 1.54) is 5.56 Å². The first kappa shape index (κ1) is 9.74. The van der Waals surface area contributed by atoms with Crippen LogP contribution in [0.1, 0.15) is 18.9 Å². The van der Waals surface area contributed by atoms with Gasteiger partial charge in [-0.05, 0) is 19.0 Å². The van der Waals surface area contributed by atoms with Gasteiger partial charge in [-0.3, -0.25) is 4.90 Å². The molecule has 1 aliphatic heterocycles. The lowest BCUT2D eigenvalue weighted by atomic mass is 9.91. The highest BCUT2D eigenvalue weighted by Gasteiger charge is 2.32. The van der Waals surface area contributed by atoms with Gasteiger partial charge in [-0.1, -0.05) is 6.92 Å². The van der Waals surface area contributed by atoms with E-state index in [1.807, 2.05) is 6.07 Å². The normalized spacial score (nSPS) is 28.4. The second-order valence-electron chi connectivity index (χ2n) is 4.56. The van der Waals surface area contributed by atoms with Gasteiger partial charge in [0.25, 0.3) is 0 Å². The van der Waals surface area contributed by atoms with Crippen LogP contribution in [-0.4, -0.2) is 29.7 Å². The van der Waals surface area contributed by atoms with Gasteiger partial charge in [0.05, 0.1) is 12.5 Å². The third-order valence-corrected chi connectivity index (χ3v) is 3.00. The van der Waals surface area contributed by atoms with E-state index in [2.05, 4.69) is 11.8 Å². The van der Waals surface area contributed by atoms with Crippen LogP contribution in [0, 0.1) is 5.41 Å². The Morgan fingerprint density at radius 1 is 1.64 bits per heavy atom. The smallest absolute Gasteiger partial charge is 0.0947 e. The predicted octanol–water partition coefficient (Wildman–Crippen LogP) is 1.48. The van der Waals surface area contributed by atoms with Crippen molar-refractivity contribution in [1.29, 1.82) is 0 Å². The van der Waals surface area contributed by atoms with Crippen LogP contribution in [0.25, 0.3) is 0 Å². The predicted molar refractivity (Wildman–Crippen MR) is 53.8 cm³/mol. The highest BCUT2D eigenvalue weighted by atomic mass is 16.3. The molecule has 0 amide bonds. The fourth-order valence-electron chi connectivity index (χ4n) is 2.03. The van der Waals surface area contributed by atoms with Gasteiger partial charge in [-0.15, -0.1) is 0 Å². The number of nitrogens with zero attached hydrogens (tertiary/aromatic N) is 1. The first-order chi connectivity index (χ1) is 6.72. The molecule has 1 unspecified atom stereocenters. The molecule has 78 valence electrons. The Morgan fingerprint density at radius 2 is 2.50 bits per heavy atom. The molecule has 0 aromatic carbocycles. The lowest BCUT2D eigenvalue weighted by molar-refractivity contribution is 0.144. The van der Waals surface area contributed by atoms with Crippen molar-refractivity contribution in [3.8, 4) is 0 Å². The Balaban J connectivity index is 1.90. The Hall–Kier alpha value is -0.800. The summed E-state index contributed by atoms with van der Waals surface area (Å²) >= 11 is 0. The summed E-state index contributed by atoms with van der Waals surface area (Å²) in [6.07, 6.45) is 4.58. The van der Waals surface area contributed by atoms with Crippen molar-refractivity contribution in [1.82, 2.24) is 4.90 Å². The summed E-state index contributed by atoms with van der Waals surface area (Å²) in [6, 6.07) is 1.99. The molecule has 2 rings (SSSR count). The van der Waals surface area contributed by atoms with Crippen LogP contribution < -0.4 is 0 Å². The van der Waals surface area contributed by atoms with Crippen LogP contribution in [0.3, 0.4) is 0 Å². The minimum atomic E-state index is 0.101. The van der Waals surface area contributed by atoms with Gasteiger partial charge in [0.1, 0.15) is 0 Å². The zero-order chi connectivity index (χ0) is 10.0. The van der Waals surface area contributed by atoms with E-state index in [-0.39, 0.29) is 12.0 Å². The molecule has 0 saturated carbocycles. The molecular weight excluding hydrogens is 178 g/mol. The summed E-state index contributed by atoms with van der Waals surface area (Å²) in [4.78, 5) is 2.36. The van der Waals surface area contributed by atoms with Gasteiger partial charge in [0.2, 0.25) is 0 Å². The molecule has 1 aliphatic rings. The molecule has 1 atom stereocenters. The number of hydrogen-bond donors (Lipinski definition) is 1. The average Bonchev–Trinajstić information content (AvgIpc) is 2.78. The van der Waals surface area contributed by atoms with Crippen LogP contribution in [0.5, 0.6) is 0 Å². The minimum Gasteiger partial charge on any atom is -0.472 e. The number of aliphatic hydroxyl groups excluding tert-OH is 1. The van der Waals surface area contributed by atoms with Crippen molar-refractivity contribution in [3.05, 3.63) is 24.2 Å². The molecule has 1 saturated heterocycles. The average molecular weight is 195 g/mol. The van der Waals surface area contributed by atoms with Gasteiger partial charge in [-0.2, -0.15) is 0 Å². The number of likely N-dealkylation sites (tertiary alicyclic amines) is 1. The molecule has 3 heteroatoms. The largest absolute Gasteiger partial charge is 0.472 e. The molecule has 14 heavy (non-hydrogen) atoms. The summed E-state index contributed by atoms with van der Waals surface area (Å²) in [5.74, 6) is 0. The van der Waals surface area contributed by atoms with E-state index in [0.29, 0.717) is 0 Å². The molecule has 1 N–H and O–H groups in total. The maximum atomic E-state index is 9.22. The van der Waals surface area contributed by atoms with E-state index in [9.17, 15) is 5.11 Å². The highest BCUT2D eigenvalue weighted by molar-refractivity contribution is 5.05. The summed E-state index contributed by atoms with van der Waals surface area (Å²) in [5.41, 5.74) is 1.32. The van der Waals surface area contributed by atoms with Crippen molar-refractivity contribution >= 4 is 0 Å². The molecular formula is C11H17NO2. The molecule has 1 aromatic heterocycles. The van der Waals surface area contributed by atoms with E-state index in [1.54, 1.807) is 12.5 Å². The van der Waals surface area contributed by atoms with Gasteiger partial charge in [0.15, 0.2) is 0 Å². The van der Waals surface area contributed by atoms with E-state index in [4.69, 9.17) is 4.42 Å². The summed E-state index contributed by atoms with van der Waals surface area (Å²) in [6.45, 7) is 5.42. The van der Waals surface area contributed by atoms with Crippen molar-refractivity contribution in [3.63, 3.8) is 0 Å². The van der Waals surface area contributed by atoms with Crippen molar-refractivity contribution in [2.24, 2.45) is 5.41 Å². The first-order valence-electron chi connectivity index (χ1n) is 5.06. The fourth-order valence-corrected chi connectivity index (χ4v) is 2.03. The standard InChI is InChI=1S/C11H17NO2/c1-11(9-13)3-4-12(8-11)6-10-2-5-14-7-10/h2,5,7,13H,3-4,6,8-9H2,1H3. The summed E-state index contributed by atoms with van der Waals surface area (Å²) in [5, 5.41) is 9.22. The molecule has 1 aromatic rings. The molecule has 0 spiro atoms. The van der Waals surface area contributed by atoms with Gasteiger partial charge >= 0.3 is 0 Å². The lowest BCUT2D eigenvalue weighted by Gasteiger charge is -2.21. The maximum absolute atomic E-state index is 9.22. The zero-order valence-electron chi connectivity index (χ0n) is 8.57. The SMILES string of the molecule is CC1(CO)CCN(Cc2ccoc2)C1. The maximum Gasteiger partial charge on any atom is 0.0947 e. The van der Waals surface area contributed by atoms with E-state index >= 15 is 0 Å². The highest BCUT2D eigenvalue weighted by Crippen LogP contribution is 2.29. The third kappa shape index (κ3) is 1.99. The first-order valence-corrected chi connectivity index (χ1v) is 5.06. The topological polar surface area (TPSA) is 36.6 Å². The molecule has 0 radical (unpaired) electrons. The van der Waals surface area contributed by atoms with Crippen LogP contribution in [-0.2, 0) is 6.54 Å². The Kier molecular flexibility index (Phi) is 2.61. The van der Waals surface area contributed by atoms with E-state index in [0.717, 1.165) is 26.1 Å². The minimum absolute atomic E-state index is 0.101. The fraction of sp³-hybridized carbons (Fsp3) is 0.636. The third-order valence-electron chi connectivity index (χ3n) is 3.00. The summed E-state index contributed by atoms with van der Waals surface area (Å²) in [7, 11) is 0. The van der Waals surface area contributed by atoms with Gasteiger partial charge in [-0.25, -0.2) is 0 Å². The zero-order valence-corrected chi connectivity index (χ0v) is 8.57.